The summed E-state index contributed by atoms with van der Waals surface area (Å²) in [4.78, 5) is 12.6. The molecule has 3 aromatic rings. The van der Waals surface area contributed by atoms with Crippen molar-refractivity contribution in [3.8, 4) is 0 Å². The number of sulfonamides is 1. The summed E-state index contributed by atoms with van der Waals surface area (Å²) >= 11 is 11.7. The van der Waals surface area contributed by atoms with Crippen molar-refractivity contribution in [3.63, 3.8) is 0 Å². The molecule has 2 N–H and O–H groups in total. The van der Waals surface area contributed by atoms with E-state index in [4.69, 9.17) is 23.2 Å². The van der Waals surface area contributed by atoms with Gasteiger partial charge >= 0.3 is 6.18 Å². The topological polar surface area (TPSA) is 75.3 Å². The molecule has 0 aliphatic carbocycles. The summed E-state index contributed by atoms with van der Waals surface area (Å²) in [5, 5.41) is 2.52. The monoisotopic (exact) mass is 488 g/mol. The third-order valence-corrected chi connectivity index (χ3v) is 6.04. The lowest BCUT2D eigenvalue weighted by Crippen LogP contribution is -2.19. The normalized spacial score (nSPS) is 11.8. The number of halogens is 5. The van der Waals surface area contributed by atoms with Crippen LogP contribution in [0.3, 0.4) is 0 Å². The molecule has 0 unspecified atom stereocenters. The highest BCUT2D eigenvalue weighted by Gasteiger charge is 2.31. The molecule has 0 saturated carbocycles. The van der Waals surface area contributed by atoms with E-state index in [1.54, 1.807) is 0 Å². The van der Waals surface area contributed by atoms with Crippen LogP contribution in [-0.2, 0) is 16.2 Å². The van der Waals surface area contributed by atoms with Crippen LogP contribution in [0.5, 0.6) is 0 Å². The van der Waals surface area contributed by atoms with E-state index in [-0.39, 0.29) is 26.9 Å². The van der Waals surface area contributed by atoms with Gasteiger partial charge in [0, 0.05) is 5.02 Å². The zero-order valence-electron chi connectivity index (χ0n) is 15.4. The fourth-order valence-electron chi connectivity index (χ4n) is 2.57. The zero-order valence-corrected chi connectivity index (χ0v) is 17.7. The van der Waals surface area contributed by atoms with Gasteiger partial charge in [-0.2, -0.15) is 13.2 Å². The lowest BCUT2D eigenvalue weighted by atomic mass is 10.1. The highest BCUT2D eigenvalue weighted by molar-refractivity contribution is 7.92. The molecule has 0 aromatic heterocycles. The fourth-order valence-corrected chi connectivity index (χ4v) is 3.95. The standard InChI is InChI=1S/C20H13Cl2F3N2O3S/c21-13-6-8-14(9-7-13)31(29,30)27-17-4-2-1-3-15(17)19(28)26-18-11-12(20(23,24)25)5-10-16(18)22/h1-11,27H,(H,26,28). The molecule has 3 aromatic carbocycles. The Hall–Kier alpha value is -2.75. The molecule has 0 aliphatic heterocycles. The van der Waals surface area contributed by atoms with E-state index in [0.717, 1.165) is 12.1 Å². The second kappa shape index (κ2) is 8.78. The smallest absolute Gasteiger partial charge is 0.321 e. The Morgan fingerprint density at radius 3 is 2.16 bits per heavy atom. The Balaban J connectivity index is 1.90. The van der Waals surface area contributed by atoms with Crippen LogP contribution in [-0.4, -0.2) is 14.3 Å². The van der Waals surface area contributed by atoms with Gasteiger partial charge in [-0.1, -0.05) is 35.3 Å². The highest BCUT2D eigenvalue weighted by atomic mass is 35.5. The third-order valence-electron chi connectivity index (χ3n) is 4.08. The second-order valence-corrected chi connectivity index (χ2v) is 8.78. The number of benzene rings is 3. The summed E-state index contributed by atoms with van der Waals surface area (Å²) in [6, 6.07) is 13.5. The molecule has 0 heterocycles. The predicted molar refractivity (Wildman–Crippen MR) is 113 cm³/mol. The van der Waals surface area contributed by atoms with Crippen molar-refractivity contribution < 1.29 is 26.4 Å². The van der Waals surface area contributed by atoms with Gasteiger partial charge in [-0.25, -0.2) is 8.42 Å². The van der Waals surface area contributed by atoms with Crippen molar-refractivity contribution in [2.24, 2.45) is 0 Å². The maximum atomic E-state index is 13.0. The first-order chi connectivity index (χ1) is 14.5. The number of anilines is 2. The van der Waals surface area contributed by atoms with Gasteiger partial charge in [0.05, 0.1) is 32.4 Å². The number of para-hydroxylation sites is 1. The number of amides is 1. The number of nitrogens with one attached hydrogen (secondary N) is 2. The van der Waals surface area contributed by atoms with Crippen LogP contribution in [0, 0.1) is 0 Å². The number of carbonyl (C=O) groups is 1. The summed E-state index contributed by atoms with van der Waals surface area (Å²) in [5.41, 5.74) is -1.45. The largest absolute Gasteiger partial charge is 0.416 e. The molecule has 1 amide bonds. The van der Waals surface area contributed by atoms with Crippen molar-refractivity contribution in [2.45, 2.75) is 11.1 Å². The van der Waals surface area contributed by atoms with Gasteiger partial charge in [-0.3, -0.25) is 9.52 Å². The third kappa shape index (κ3) is 5.49. The first-order valence-electron chi connectivity index (χ1n) is 8.53. The van der Waals surface area contributed by atoms with Crippen molar-refractivity contribution >= 4 is 50.5 Å². The lowest BCUT2D eigenvalue weighted by Gasteiger charge is -2.14. The molecule has 3 rings (SSSR count). The minimum atomic E-state index is -4.63. The van der Waals surface area contributed by atoms with E-state index in [9.17, 15) is 26.4 Å². The maximum Gasteiger partial charge on any atom is 0.416 e. The Morgan fingerprint density at radius 2 is 1.52 bits per heavy atom. The molecule has 0 spiro atoms. The summed E-state index contributed by atoms with van der Waals surface area (Å²) in [6.07, 6.45) is -4.63. The van der Waals surface area contributed by atoms with E-state index >= 15 is 0 Å². The predicted octanol–water partition coefficient (Wildman–Crippen LogP) is 6.07. The highest BCUT2D eigenvalue weighted by Crippen LogP contribution is 2.34. The van der Waals surface area contributed by atoms with Gasteiger partial charge < -0.3 is 5.32 Å². The van der Waals surface area contributed by atoms with Crippen LogP contribution < -0.4 is 10.0 Å². The molecule has 31 heavy (non-hydrogen) atoms. The summed E-state index contributed by atoms with van der Waals surface area (Å²) < 4.78 is 66.4. The minimum Gasteiger partial charge on any atom is -0.321 e. The molecular weight excluding hydrogens is 476 g/mol. The molecule has 0 saturated heterocycles. The van der Waals surface area contributed by atoms with E-state index in [0.29, 0.717) is 11.1 Å². The second-order valence-electron chi connectivity index (χ2n) is 6.25. The summed E-state index contributed by atoms with van der Waals surface area (Å²) in [7, 11) is -4.06. The Bertz CT molecular complexity index is 1230. The van der Waals surface area contributed by atoms with Crippen LogP contribution in [0.15, 0.2) is 71.6 Å². The molecule has 5 nitrogen and oxygen atoms in total. The first-order valence-corrected chi connectivity index (χ1v) is 10.8. The Labute approximate surface area is 185 Å². The van der Waals surface area contributed by atoms with E-state index in [2.05, 4.69) is 10.0 Å². The van der Waals surface area contributed by atoms with Crippen LogP contribution >= 0.6 is 23.2 Å². The quantitative estimate of drug-likeness (QED) is 0.457. The van der Waals surface area contributed by atoms with Gasteiger partial charge in [0.15, 0.2) is 0 Å². The first kappa shape index (κ1) is 22.9. The van der Waals surface area contributed by atoms with Crippen LogP contribution in [0.2, 0.25) is 10.0 Å². The number of hydrogen-bond donors (Lipinski definition) is 2. The Morgan fingerprint density at radius 1 is 0.871 bits per heavy atom. The number of alkyl halides is 3. The minimum absolute atomic E-state index is 0.0713. The van der Waals surface area contributed by atoms with Gasteiger partial charge in [0.1, 0.15) is 0 Å². The molecular formula is C20H13Cl2F3N2O3S. The van der Waals surface area contributed by atoms with Crippen LogP contribution in [0.1, 0.15) is 15.9 Å². The zero-order chi connectivity index (χ0) is 22.8. The number of hydrogen-bond acceptors (Lipinski definition) is 3. The van der Waals surface area contributed by atoms with Gasteiger partial charge in [0.25, 0.3) is 15.9 Å². The van der Waals surface area contributed by atoms with Gasteiger partial charge in [-0.15, -0.1) is 0 Å². The SMILES string of the molecule is O=C(Nc1cc(C(F)(F)F)ccc1Cl)c1ccccc1NS(=O)(=O)c1ccc(Cl)cc1. The molecule has 0 bridgehead atoms. The van der Waals surface area contributed by atoms with E-state index in [1.165, 1.54) is 48.5 Å². The molecule has 11 heteroatoms. The van der Waals surface area contributed by atoms with Crippen molar-refractivity contribution in [3.05, 3.63) is 87.9 Å². The number of carbonyl (C=O) groups excluding carboxylic acids is 1. The Kier molecular flexibility index (Phi) is 6.49. The van der Waals surface area contributed by atoms with Crippen LogP contribution in [0.25, 0.3) is 0 Å². The molecule has 0 atom stereocenters. The average molecular weight is 489 g/mol. The fraction of sp³-hybridized carbons (Fsp3) is 0.0500. The van der Waals surface area contributed by atoms with E-state index in [1.807, 2.05) is 0 Å². The van der Waals surface area contributed by atoms with Crippen molar-refractivity contribution in [2.75, 3.05) is 10.0 Å². The molecule has 0 fully saturated rings. The van der Waals surface area contributed by atoms with Crippen molar-refractivity contribution in [1.82, 2.24) is 0 Å². The molecule has 0 aliphatic rings. The van der Waals surface area contributed by atoms with E-state index < -0.39 is 27.7 Å². The average Bonchev–Trinajstić information content (AvgIpc) is 2.69. The van der Waals surface area contributed by atoms with Crippen LogP contribution in [0.4, 0.5) is 24.5 Å². The van der Waals surface area contributed by atoms with Gasteiger partial charge in [-0.05, 0) is 54.6 Å². The summed E-state index contributed by atoms with van der Waals surface area (Å²) in [5.74, 6) is -0.851. The molecule has 162 valence electrons. The lowest BCUT2D eigenvalue weighted by molar-refractivity contribution is -0.137. The van der Waals surface area contributed by atoms with Gasteiger partial charge in [0.2, 0.25) is 0 Å². The maximum absolute atomic E-state index is 13.0. The molecule has 0 radical (unpaired) electrons. The van der Waals surface area contributed by atoms with Crippen molar-refractivity contribution in [1.29, 1.82) is 0 Å². The number of rotatable bonds is 5. The summed E-state index contributed by atoms with van der Waals surface area (Å²) in [6.45, 7) is 0.